The van der Waals surface area contributed by atoms with Gasteiger partial charge in [-0.15, -0.1) is 0 Å². The molecule has 4 heteroatoms. The highest BCUT2D eigenvalue weighted by Crippen LogP contribution is 2.10. The molecule has 0 aliphatic heterocycles. The molecule has 0 saturated heterocycles. The lowest BCUT2D eigenvalue weighted by Crippen LogP contribution is -2.06. The summed E-state index contributed by atoms with van der Waals surface area (Å²) in [7, 11) is 0. The van der Waals surface area contributed by atoms with Crippen LogP contribution in [0.5, 0.6) is 5.75 Å². The van der Waals surface area contributed by atoms with Gasteiger partial charge in [-0.1, -0.05) is 5.16 Å². The van der Waals surface area contributed by atoms with Crippen LogP contribution in [0.1, 0.15) is 6.92 Å². The van der Waals surface area contributed by atoms with Crippen molar-refractivity contribution in [3.63, 3.8) is 0 Å². The summed E-state index contributed by atoms with van der Waals surface area (Å²) in [6.07, 6.45) is 0. The second kappa shape index (κ2) is 3.71. The fourth-order valence-electron chi connectivity index (χ4n) is 0.620. The Morgan fingerprint density at radius 1 is 1.42 bits per heavy atom. The van der Waals surface area contributed by atoms with Gasteiger partial charge in [-0.3, -0.25) is 0 Å². The smallest absolute Gasteiger partial charge is 0.158 e. The molecule has 0 atom stereocenters. The molecule has 0 spiro atoms. The summed E-state index contributed by atoms with van der Waals surface area (Å²) in [5.74, 6) is 0.469. The molecule has 1 aromatic rings. The monoisotopic (exact) mass is 168 g/mol. The highest BCUT2D eigenvalue weighted by molar-refractivity contribution is 5.76. The molecule has 1 aromatic carbocycles. The van der Waals surface area contributed by atoms with E-state index in [9.17, 15) is 4.39 Å². The van der Waals surface area contributed by atoms with Crippen LogP contribution in [-0.2, 0) is 0 Å². The van der Waals surface area contributed by atoms with Gasteiger partial charge in [0.25, 0.3) is 0 Å². The minimum atomic E-state index is -0.309. The number of benzene rings is 1. The van der Waals surface area contributed by atoms with E-state index in [1.807, 2.05) is 0 Å². The van der Waals surface area contributed by atoms with Gasteiger partial charge in [0.05, 0.1) is 0 Å². The van der Waals surface area contributed by atoms with Gasteiger partial charge in [0.1, 0.15) is 11.7 Å². The summed E-state index contributed by atoms with van der Waals surface area (Å²) < 4.78 is 12.4. The molecular weight excluding hydrogens is 159 g/mol. The van der Waals surface area contributed by atoms with Crippen molar-refractivity contribution in [3.8, 4) is 5.75 Å². The topological polar surface area (TPSA) is 47.6 Å². The Labute approximate surface area is 69.6 Å². The summed E-state index contributed by atoms with van der Waals surface area (Å²) in [5, 5.41) is 3.50. The van der Waals surface area contributed by atoms with Crippen LogP contribution in [0.2, 0.25) is 0 Å². The number of hydrogen-bond acceptors (Lipinski definition) is 2. The number of nitrogens with two attached hydrogens (primary N) is 1. The van der Waals surface area contributed by atoms with Crippen molar-refractivity contribution in [2.24, 2.45) is 10.9 Å². The molecule has 0 fully saturated rings. The zero-order chi connectivity index (χ0) is 8.97. The number of amidine groups is 1. The van der Waals surface area contributed by atoms with Gasteiger partial charge in [0.2, 0.25) is 0 Å². The van der Waals surface area contributed by atoms with E-state index in [1.165, 1.54) is 24.3 Å². The summed E-state index contributed by atoms with van der Waals surface area (Å²) in [4.78, 5) is 4.82. The first-order valence-electron chi connectivity index (χ1n) is 3.41. The average molecular weight is 168 g/mol. The van der Waals surface area contributed by atoms with Crippen molar-refractivity contribution < 1.29 is 9.23 Å². The van der Waals surface area contributed by atoms with Crippen LogP contribution in [0.4, 0.5) is 4.39 Å². The lowest BCUT2D eigenvalue weighted by Gasteiger charge is -1.97. The first-order chi connectivity index (χ1) is 5.68. The van der Waals surface area contributed by atoms with E-state index in [2.05, 4.69) is 5.16 Å². The Morgan fingerprint density at radius 3 is 2.50 bits per heavy atom. The molecule has 0 radical (unpaired) electrons. The lowest BCUT2D eigenvalue weighted by atomic mass is 10.3. The predicted octanol–water partition coefficient (Wildman–Crippen LogP) is 1.50. The van der Waals surface area contributed by atoms with E-state index < -0.39 is 0 Å². The van der Waals surface area contributed by atoms with Crippen LogP contribution in [0, 0.1) is 5.82 Å². The zero-order valence-electron chi connectivity index (χ0n) is 6.62. The maximum atomic E-state index is 12.4. The van der Waals surface area contributed by atoms with Crippen LogP contribution in [0.3, 0.4) is 0 Å². The molecule has 2 N–H and O–H groups in total. The third kappa shape index (κ3) is 2.57. The van der Waals surface area contributed by atoms with Gasteiger partial charge in [-0.2, -0.15) is 0 Å². The molecule has 0 aromatic heterocycles. The van der Waals surface area contributed by atoms with Gasteiger partial charge in [0.15, 0.2) is 5.75 Å². The van der Waals surface area contributed by atoms with E-state index in [0.717, 1.165) is 0 Å². The van der Waals surface area contributed by atoms with Crippen molar-refractivity contribution in [1.29, 1.82) is 0 Å². The molecule has 64 valence electrons. The van der Waals surface area contributed by atoms with Gasteiger partial charge in [-0.05, 0) is 31.2 Å². The van der Waals surface area contributed by atoms with E-state index in [4.69, 9.17) is 10.6 Å². The van der Waals surface area contributed by atoms with Crippen LogP contribution in [0.15, 0.2) is 29.4 Å². The molecule has 0 heterocycles. The molecule has 0 saturated carbocycles. The Balaban J connectivity index is 2.65. The van der Waals surface area contributed by atoms with Crippen molar-refractivity contribution in [1.82, 2.24) is 0 Å². The molecule has 0 amide bonds. The van der Waals surface area contributed by atoms with Crippen LogP contribution in [0.25, 0.3) is 0 Å². The molecule has 12 heavy (non-hydrogen) atoms. The van der Waals surface area contributed by atoms with Crippen LogP contribution < -0.4 is 10.6 Å². The van der Waals surface area contributed by atoms with E-state index in [-0.39, 0.29) is 5.82 Å². The SMILES string of the molecule is C/C(N)=N\Oc1ccc(F)cc1. The van der Waals surface area contributed by atoms with Crippen molar-refractivity contribution in [3.05, 3.63) is 30.1 Å². The van der Waals surface area contributed by atoms with E-state index >= 15 is 0 Å². The summed E-state index contributed by atoms with van der Waals surface area (Å²) in [6, 6.07) is 5.52. The number of rotatable bonds is 2. The maximum Gasteiger partial charge on any atom is 0.158 e. The highest BCUT2D eigenvalue weighted by atomic mass is 19.1. The van der Waals surface area contributed by atoms with E-state index in [0.29, 0.717) is 11.6 Å². The van der Waals surface area contributed by atoms with Crippen LogP contribution >= 0.6 is 0 Å². The standard InChI is InChI=1S/C8H9FN2O/c1-6(10)11-12-8-4-2-7(9)3-5-8/h2-5H,1H3,(H2,10,11). The fraction of sp³-hybridized carbons (Fsp3) is 0.125. The molecule has 0 unspecified atom stereocenters. The fourth-order valence-corrected chi connectivity index (χ4v) is 0.620. The first kappa shape index (κ1) is 8.52. The quantitative estimate of drug-likeness (QED) is 0.413. The van der Waals surface area contributed by atoms with Crippen molar-refractivity contribution in [2.45, 2.75) is 6.92 Å². The second-order valence-corrected chi connectivity index (χ2v) is 2.28. The normalized spacial score (nSPS) is 11.3. The third-order valence-corrected chi connectivity index (χ3v) is 1.11. The number of oxime groups is 1. The van der Waals surface area contributed by atoms with Gasteiger partial charge < -0.3 is 10.6 Å². The zero-order valence-corrected chi connectivity index (χ0v) is 6.62. The summed E-state index contributed by atoms with van der Waals surface area (Å²) in [5.41, 5.74) is 5.22. The van der Waals surface area contributed by atoms with Gasteiger partial charge >= 0.3 is 0 Å². The number of nitrogens with zero attached hydrogens (tertiary/aromatic N) is 1. The Kier molecular flexibility index (Phi) is 2.63. The first-order valence-corrected chi connectivity index (χ1v) is 3.41. The number of hydrogen-bond donors (Lipinski definition) is 1. The summed E-state index contributed by atoms with van der Waals surface area (Å²) in [6.45, 7) is 1.60. The van der Waals surface area contributed by atoms with Crippen molar-refractivity contribution >= 4 is 5.84 Å². The molecule has 1 rings (SSSR count). The van der Waals surface area contributed by atoms with Gasteiger partial charge in [0, 0.05) is 0 Å². The Bertz CT molecular complexity index is 278. The maximum absolute atomic E-state index is 12.4. The third-order valence-electron chi connectivity index (χ3n) is 1.11. The second-order valence-electron chi connectivity index (χ2n) is 2.28. The average Bonchev–Trinajstić information content (AvgIpc) is 2.03. The predicted molar refractivity (Wildman–Crippen MR) is 44.3 cm³/mol. The molecule has 0 bridgehead atoms. The highest BCUT2D eigenvalue weighted by Gasteiger charge is 1.92. The molecule has 3 nitrogen and oxygen atoms in total. The molecule has 0 aliphatic rings. The van der Waals surface area contributed by atoms with Gasteiger partial charge in [-0.25, -0.2) is 4.39 Å². The molecular formula is C8H9FN2O. The van der Waals surface area contributed by atoms with E-state index in [1.54, 1.807) is 6.92 Å². The minimum absolute atomic E-state index is 0.309. The molecule has 0 aliphatic carbocycles. The Hall–Kier alpha value is -1.58. The van der Waals surface area contributed by atoms with Crippen molar-refractivity contribution in [2.75, 3.05) is 0 Å². The Morgan fingerprint density at radius 2 is 2.00 bits per heavy atom. The largest absolute Gasteiger partial charge is 0.385 e. The summed E-state index contributed by atoms with van der Waals surface area (Å²) >= 11 is 0. The van der Waals surface area contributed by atoms with Crippen LogP contribution in [-0.4, -0.2) is 5.84 Å². The lowest BCUT2D eigenvalue weighted by molar-refractivity contribution is 0.339. The number of halogens is 1. The minimum Gasteiger partial charge on any atom is -0.385 e.